The smallest absolute Gasteiger partial charge is 0.267 e. The van der Waals surface area contributed by atoms with Gasteiger partial charge in [-0.15, -0.1) is 0 Å². The van der Waals surface area contributed by atoms with Crippen molar-refractivity contribution in [1.29, 1.82) is 0 Å². The summed E-state index contributed by atoms with van der Waals surface area (Å²) in [4.78, 5) is 23.5. The molecule has 0 aliphatic carbocycles. The molecule has 1 aliphatic rings. The first-order valence-corrected chi connectivity index (χ1v) is 6.99. The molecule has 3 aromatic heterocycles. The molecule has 8 nitrogen and oxygen atoms in total. The predicted octanol–water partition coefficient (Wildman–Crippen LogP) is 0.567. The van der Waals surface area contributed by atoms with Gasteiger partial charge >= 0.3 is 0 Å². The first-order valence-electron chi connectivity index (χ1n) is 6.99. The predicted molar refractivity (Wildman–Crippen MR) is 79.7 cm³/mol. The molecule has 2 atom stereocenters. The number of hydrogen-bond acceptors (Lipinski definition) is 6. The Morgan fingerprint density at radius 2 is 2.27 bits per heavy atom. The third kappa shape index (κ3) is 2.13. The topological polar surface area (TPSA) is 97.7 Å². The molecule has 0 bridgehead atoms. The molecule has 4 rings (SSSR count). The Hall–Kier alpha value is -2.74. The van der Waals surface area contributed by atoms with Gasteiger partial charge in [-0.3, -0.25) is 4.79 Å². The highest BCUT2D eigenvalue weighted by Crippen LogP contribution is 2.24. The first-order chi connectivity index (χ1) is 10.8. The van der Waals surface area contributed by atoms with E-state index in [0.717, 1.165) is 16.9 Å². The fourth-order valence-electron chi connectivity index (χ4n) is 2.70. The van der Waals surface area contributed by atoms with Gasteiger partial charge in [0.2, 0.25) is 0 Å². The van der Waals surface area contributed by atoms with Gasteiger partial charge < -0.3 is 15.0 Å². The number of rotatable bonds is 3. The van der Waals surface area contributed by atoms with Crippen molar-refractivity contribution in [3.05, 3.63) is 47.3 Å². The van der Waals surface area contributed by atoms with Gasteiger partial charge in [0.1, 0.15) is 23.8 Å². The molecule has 0 aromatic carbocycles. The monoisotopic (exact) mass is 298 g/mol. The van der Waals surface area contributed by atoms with E-state index in [1.165, 1.54) is 17.1 Å². The molecule has 2 unspecified atom stereocenters. The Balaban J connectivity index is 1.66. The molecule has 4 heterocycles. The Bertz CT molecular complexity index is 857. The summed E-state index contributed by atoms with van der Waals surface area (Å²) in [5, 5.41) is 8.40. The Labute approximate surface area is 125 Å². The highest BCUT2D eigenvalue weighted by atomic mass is 16.5. The van der Waals surface area contributed by atoms with Gasteiger partial charge in [0, 0.05) is 18.5 Å². The van der Waals surface area contributed by atoms with Crippen LogP contribution in [0.1, 0.15) is 6.04 Å². The summed E-state index contributed by atoms with van der Waals surface area (Å²) >= 11 is 0. The van der Waals surface area contributed by atoms with Crippen LogP contribution in [0.15, 0.2) is 41.7 Å². The van der Waals surface area contributed by atoms with E-state index in [1.54, 1.807) is 12.3 Å². The van der Waals surface area contributed by atoms with Crippen molar-refractivity contribution in [2.75, 3.05) is 18.5 Å². The number of aromatic amines is 1. The Kier molecular flexibility index (Phi) is 3.08. The summed E-state index contributed by atoms with van der Waals surface area (Å²) < 4.78 is 6.99. The van der Waals surface area contributed by atoms with E-state index >= 15 is 0 Å². The van der Waals surface area contributed by atoms with Crippen molar-refractivity contribution >= 4 is 16.9 Å². The largest absolute Gasteiger partial charge is 0.377 e. The number of ether oxygens (including phenoxy) is 1. The minimum Gasteiger partial charge on any atom is -0.377 e. The second-order valence-electron chi connectivity index (χ2n) is 5.12. The second-order valence-corrected chi connectivity index (χ2v) is 5.12. The minimum absolute atomic E-state index is 0.0828. The molecule has 0 radical (unpaired) electrons. The molecular formula is C14H14N6O2. The second kappa shape index (κ2) is 5.23. The molecule has 1 saturated heterocycles. The highest BCUT2D eigenvalue weighted by Gasteiger charge is 2.31. The number of nitrogens with zero attached hydrogens (tertiary/aromatic N) is 4. The van der Waals surface area contributed by atoms with Gasteiger partial charge in [-0.1, -0.05) is 0 Å². The molecule has 22 heavy (non-hydrogen) atoms. The zero-order valence-corrected chi connectivity index (χ0v) is 11.6. The molecule has 2 N–H and O–H groups in total. The fraction of sp³-hybridized carbons (Fsp3) is 0.286. The van der Waals surface area contributed by atoms with Crippen LogP contribution in [0.25, 0.3) is 11.0 Å². The highest BCUT2D eigenvalue weighted by molar-refractivity contribution is 5.86. The molecule has 1 aliphatic heterocycles. The lowest BCUT2D eigenvalue weighted by Gasteiger charge is -2.20. The lowest BCUT2D eigenvalue weighted by Crippen LogP contribution is -2.37. The van der Waals surface area contributed by atoms with Gasteiger partial charge in [-0.25, -0.2) is 14.6 Å². The lowest BCUT2D eigenvalue weighted by atomic mass is 10.1. The van der Waals surface area contributed by atoms with E-state index in [1.807, 2.05) is 12.3 Å². The zero-order chi connectivity index (χ0) is 14.9. The van der Waals surface area contributed by atoms with Crippen molar-refractivity contribution in [3.63, 3.8) is 0 Å². The maximum atomic E-state index is 12.0. The molecule has 0 saturated carbocycles. The van der Waals surface area contributed by atoms with Gasteiger partial charge in [0.05, 0.1) is 24.6 Å². The summed E-state index contributed by atoms with van der Waals surface area (Å²) in [6, 6.07) is 4.79. The molecule has 0 spiro atoms. The summed E-state index contributed by atoms with van der Waals surface area (Å²) in [6.07, 6.45) is 4.92. The quantitative estimate of drug-likeness (QED) is 0.733. The van der Waals surface area contributed by atoms with Crippen molar-refractivity contribution in [2.45, 2.75) is 12.1 Å². The number of hydrogen-bond donors (Lipinski definition) is 2. The van der Waals surface area contributed by atoms with E-state index in [2.05, 4.69) is 25.4 Å². The summed E-state index contributed by atoms with van der Waals surface area (Å²) in [5.41, 5.74) is 0.627. The Morgan fingerprint density at radius 3 is 3.18 bits per heavy atom. The summed E-state index contributed by atoms with van der Waals surface area (Å²) in [5.74, 6) is 0.718. The fourth-order valence-corrected chi connectivity index (χ4v) is 2.70. The van der Waals surface area contributed by atoms with Crippen LogP contribution in [-0.4, -0.2) is 44.0 Å². The van der Waals surface area contributed by atoms with E-state index in [4.69, 9.17) is 4.74 Å². The minimum atomic E-state index is -0.169. The van der Waals surface area contributed by atoms with Crippen LogP contribution < -0.4 is 10.9 Å². The van der Waals surface area contributed by atoms with Crippen molar-refractivity contribution in [3.8, 4) is 0 Å². The molecular weight excluding hydrogens is 284 g/mol. The van der Waals surface area contributed by atoms with Crippen LogP contribution in [0.5, 0.6) is 0 Å². The zero-order valence-electron chi connectivity index (χ0n) is 11.6. The number of H-pyrrole nitrogens is 1. The molecule has 3 aromatic rings. The van der Waals surface area contributed by atoms with Crippen LogP contribution in [-0.2, 0) is 4.74 Å². The van der Waals surface area contributed by atoms with Crippen molar-refractivity contribution in [1.82, 2.24) is 24.7 Å². The van der Waals surface area contributed by atoms with Gasteiger partial charge in [0.25, 0.3) is 5.56 Å². The van der Waals surface area contributed by atoms with Crippen molar-refractivity contribution < 1.29 is 4.74 Å². The molecule has 0 amide bonds. The molecule has 112 valence electrons. The summed E-state index contributed by atoms with van der Waals surface area (Å²) in [7, 11) is 0. The number of aromatic nitrogens is 5. The maximum Gasteiger partial charge on any atom is 0.267 e. The SMILES string of the molecule is O=c1cccnn1C1COCC1Nc1ncnc2[nH]ccc12. The Morgan fingerprint density at radius 1 is 1.32 bits per heavy atom. The molecule has 1 fully saturated rings. The van der Waals surface area contributed by atoms with E-state index in [-0.39, 0.29) is 17.6 Å². The summed E-state index contributed by atoms with van der Waals surface area (Å²) in [6.45, 7) is 0.930. The lowest BCUT2D eigenvalue weighted by molar-refractivity contribution is 0.182. The van der Waals surface area contributed by atoms with Crippen molar-refractivity contribution in [2.24, 2.45) is 0 Å². The normalized spacial score (nSPS) is 21.3. The van der Waals surface area contributed by atoms with Gasteiger partial charge in [0.15, 0.2) is 0 Å². The van der Waals surface area contributed by atoms with Gasteiger partial charge in [-0.05, 0) is 12.1 Å². The van der Waals surface area contributed by atoms with E-state index < -0.39 is 0 Å². The van der Waals surface area contributed by atoms with E-state index in [9.17, 15) is 4.79 Å². The van der Waals surface area contributed by atoms with Crippen LogP contribution in [0.4, 0.5) is 5.82 Å². The van der Waals surface area contributed by atoms with Gasteiger partial charge in [-0.2, -0.15) is 5.10 Å². The number of nitrogens with one attached hydrogen (secondary N) is 2. The van der Waals surface area contributed by atoms with Crippen LogP contribution in [0.3, 0.4) is 0 Å². The average molecular weight is 298 g/mol. The maximum absolute atomic E-state index is 12.0. The van der Waals surface area contributed by atoms with Crippen LogP contribution in [0.2, 0.25) is 0 Å². The third-order valence-electron chi connectivity index (χ3n) is 3.78. The third-order valence-corrected chi connectivity index (χ3v) is 3.78. The van der Waals surface area contributed by atoms with Crippen LogP contribution in [0, 0.1) is 0 Å². The first kappa shape index (κ1) is 13.0. The standard InChI is InChI=1S/C14H14N6O2/c21-12-2-1-4-18-20(12)11-7-22-6-10(11)19-14-9-3-5-15-13(9)16-8-17-14/h1-5,8,10-11H,6-7H2,(H2,15,16,17,19). The average Bonchev–Trinajstić information content (AvgIpc) is 3.17. The number of fused-ring (bicyclic) bond motifs is 1. The number of anilines is 1. The van der Waals surface area contributed by atoms with E-state index in [0.29, 0.717) is 13.2 Å². The molecule has 8 heteroatoms. The van der Waals surface area contributed by atoms with Crippen LogP contribution >= 0.6 is 0 Å².